The molecule has 17 heavy (non-hydrogen) atoms. The number of amidine groups is 1. The van der Waals surface area contributed by atoms with Crippen LogP contribution in [0.4, 0.5) is 0 Å². The van der Waals surface area contributed by atoms with Gasteiger partial charge in [-0.2, -0.15) is 0 Å². The third-order valence-corrected chi connectivity index (χ3v) is 3.24. The number of nitrogens with one attached hydrogen (secondary N) is 1. The lowest BCUT2D eigenvalue weighted by Gasteiger charge is -2.12. The quantitative estimate of drug-likeness (QED) is 0.187. The average Bonchev–Trinajstić information content (AvgIpc) is 2.61. The molecule has 0 aromatic rings. The molecule has 0 saturated heterocycles. The number of hydrogen-bond donors (Lipinski definition) is 2. The van der Waals surface area contributed by atoms with Crippen molar-refractivity contribution in [2.24, 2.45) is 10.8 Å². The number of nitrogens with zero attached hydrogens (tertiary/aromatic N) is 1. The molecule has 1 aliphatic rings. The summed E-state index contributed by atoms with van der Waals surface area (Å²) in [7, 11) is 0. The number of aliphatic imine (C=N–C) groups is 1. The molecule has 0 radical (unpaired) electrons. The minimum Gasteiger partial charge on any atom is -0.382 e. The maximum absolute atomic E-state index is 5.52. The summed E-state index contributed by atoms with van der Waals surface area (Å²) >= 11 is 0. The van der Waals surface area contributed by atoms with Gasteiger partial charge < -0.3 is 10.2 Å². The van der Waals surface area contributed by atoms with Gasteiger partial charge in [0.25, 0.3) is 0 Å². The van der Waals surface area contributed by atoms with Crippen molar-refractivity contribution in [3.63, 3.8) is 0 Å². The van der Waals surface area contributed by atoms with Crippen molar-refractivity contribution in [3.8, 4) is 0 Å². The molecule has 0 aromatic heterocycles. The van der Waals surface area contributed by atoms with Gasteiger partial charge in [-0.25, -0.2) is 5.84 Å². The Morgan fingerprint density at radius 2 is 2.00 bits per heavy atom. The Morgan fingerprint density at radius 1 is 1.29 bits per heavy atom. The molecule has 100 valence electrons. The zero-order valence-electron chi connectivity index (χ0n) is 11.1. The standard InChI is InChI=1S/C13H27N3O/c1-2-17-11-7-10-13(16-14)15-12-8-5-3-4-6-9-12/h12H,2-11,14H2,1H3,(H,15,16). The molecule has 0 bridgehead atoms. The van der Waals surface area contributed by atoms with Crippen LogP contribution in [0.25, 0.3) is 0 Å². The smallest absolute Gasteiger partial charge is 0.111 e. The molecule has 1 fully saturated rings. The van der Waals surface area contributed by atoms with Crippen LogP contribution in [0.1, 0.15) is 58.3 Å². The lowest BCUT2D eigenvalue weighted by Crippen LogP contribution is -2.31. The van der Waals surface area contributed by atoms with E-state index in [0.717, 1.165) is 31.9 Å². The molecule has 0 aliphatic heterocycles. The van der Waals surface area contributed by atoms with Crippen molar-refractivity contribution in [3.05, 3.63) is 0 Å². The van der Waals surface area contributed by atoms with Gasteiger partial charge in [0.05, 0.1) is 6.04 Å². The zero-order valence-corrected chi connectivity index (χ0v) is 11.1. The van der Waals surface area contributed by atoms with Crippen LogP contribution in [0.3, 0.4) is 0 Å². The Hall–Kier alpha value is -0.610. The summed E-state index contributed by atoms with van der Waals surface area (Å²) in [6, 6.07) is 0.482. The number of nitrogens with two attached hydrogens (primary N) is 1. The number of hydrazine groups is 1. The SMILES string of the molecule is CCOCCCC(=NC1CCCCCC1)NN. The molecule has 1 aliphatic carbocycles. The zero-order chi connectivity index (χ0) is 12.3. The molecule has 0 amide bonds. The fourth-order valence-electron chi connectivity index (χ4n) is 2.27. The average molecular weight is 241 g/mol. The van der Waals surface area contributed by atoms with Crippen LogP contribution in [0.5, 0.6) is 0 Å². The van der Waals surface area contributed by atoms with E-state index >= 15 is 0 Å². The van der Waals surface area contributed by atoms with Gasteiger partial charge in [0.15, 0.2) is 0 Å². The van der Waals surface area contributed by atoms with E-state index in [1.165, 1.54) is 38.5 Å². The summed E-state index contributed by atoms with van der Waals surface area (Å²) in [6.07, 6.45) is 9.67. The van der Waals surface area contributed by atoms with Crippen molar-refractivity contribution >= 4 is 5.84 Å². The van der Waals surface area contributed by atoms with Crippen molar-refractivity contribution < 1.29 is 4.74 Å². The molecule has 4 nitrogen and oxygen atoms in total. The van der Waals surface area contributed by atoms with Crippen LogP contribution in [0, 0.1) is 0 Å². The number of rotatable bonds is 6. The van der Waals surface area contributed by atoms with E-state index in [9.17, 15) is 0 Å². The lowest BCUT2D eigenvalue weighted by atomic mass is 10.1. The molecular formula is C13H27N3O. The minimum atomic E-state index is 0.482. The maximum atomic E-state index is 5.52. The highest BCUT2D eigenvalue weighted by Gasteiger charge is 2.11. The van der Waals surface area contributed by atoms with Crippen LogP contribution in [-0.4, -0.2) is 25.1 Å². The van der Waals surface area contributed by atoms with E-state index in [4.69, 9.17) is 15.6 Å². The Bertz CT molecular complexity index is 211. The van der Waals surface area contributed by atoms with Crippen molar-refractivity contribution in [1.29, 1.82) is 0 Å². The molecule has 1 rings (SSSR count). The molecule has 0 heterocycles. The van der Waals surface area contributed by atoms with Gasteiger partial charge in [0, 0.05) is 19.6 Å². The van der Waals surface area contributed by atoms with Crippen molar-refractivity contribution in [2.45, 2.75) is 64.3 Å². The first-order valence-corrected chi connectivity index (χ1v) is 6.97. The van der Waals surface area contributed by atoms with Crippen LogP contribution in [-0.2, 0) is 4.74 Å². The predicted octanol–water partition coefficient (Wildman–Crippen LogP) is 2.39. The summed E-state index contributed by atoms with van der Waals surface area (Å²) in [4.78, 5) is 4.74. The van der Waals surface area contributed by atoms with Gasteiger partial charge in [0.2, 0.25) is 0 Å². The predicted molar refractivity (Wildman–Crippen MR) is 72.0 cm³/mol. The molecule has 0 unspecified atom stereocenters. The van der Waals surface area contributed by atoms with E-state index in [1.807, 2.05) is 6.92 Å². The first-order valence-electron chi connectivity index (χ1n) is 6.97. The van der Waals surface area contributed by atoms with Gasteiger partial charge in [-0.1, -0.05) is 25.7 Å². The second-order valence-corrected chi connectivity index (χ2v) is 4.67. The molecule has 0 aromatic carbocycles. The van der Waals surface area contributed by atoms with Crippen LogP contribution in [0.15, 0.2) is 4.99 Å². The first kappa shape index (κ1) is 14.5. The molecule has 0 atom stereocenters. The van der Waals surface area contributed by atoms with Crippen molar-refractivity contribution in [1.82, 2.24) is 5.43 Å². The fourth-order valence-corrected chi connectivity index (χ4v) is 2.27. The van der Waals surface area contributed by atoms with Crippen LogP contribution in [0.2, 0.25) is 0 Å². The summed E-state index contributed by atoms with van der Waals surface area (Å²) in [6.45, 7) is 3.59. The van der Waals surface area contributed by atoms with E-state index in [2.05, 4.69) is 5.43 Å². The second-order valence-electron chi connectivity index (χ2n) is 4.67. The topological polar surface area (TPSA) is 59.6 Å². The molecule has 1 saturated carbocycles. The van der Waals surface area contributed by atoms with Gasteiger partial charge in [-0.15, -0.1) is 0 Å². The Balaban J connectivity index is 2.30. The van der Waals surface area contributed by atoms with E-state index < -0.39 is 0 Å². The molecule has 4 heteroatoms. The molecule has 3 N–H and O–H groups in total. The highest BCUT2D eigenvalue weighted by molar-refractivity contribution is 5.81. The largest absolute Gasteiger partial charge is 0.382 e. The molecule has 0 spiro atoms. The summed E-state index contributed by atoms with van der Waals surface area (Å²) in [5, 5.41) is 0. The van der Waals surface area contributed by atoms with Gasteiger partial charge in [-0.3, -0.25) is 4.99 Å². The molecular weight excluding hydrogens is 214 g/mol. The van der Waals surface area contributed by atoms with Gasteiger partial charge in [-0.05, 0) is 26.2 Å². The first-order chi connectivity index (χ1) is 8.36. The third-order valence-electron chi connectivity index (χ3n) is 3.24. The minimum absolute atomic E-state index is 0.482. The third kappa shape index (κ3) is 6.64. The number of hydrogen-bond acceptors (Lipinski definition) is 3. The normalized spacial score (nSPS) is 19.1. The van der Waals surface area contributed by atoms with E-state index in [0.29, 0.717) is 6.04 Å². The fraction of sp³-hybridized carbons (Fsp3) is 0.923. The highest BCUT2D eigenvalue weighted by Crippen LogP contribution is 2.20. The maximum Gasteiger partial charge on any atom is 0.111 e. The Labute approximate surface area is 105 Å². The van der Waals surface area contributed by atoms with Crippen LogP contribution >= 0.6 is 0 Å². The number of ether oxygens (including phenoxy) is 1. The second kappa shape index (κ2) is 9.42. The summed E-state index contributed by atoms with van der Waals surface area (Å²) < 4.78 is 5.31. The summed E-state index contributed by atoms with van der Waals surface area (Å²) in [5.41, 5.74) is 2.74. The van der Waals surface area contributed by atoms with Gasteiger partial charge in [0.1, 0.15) is 5.84 Å². The Morgan fingerprint density at radius 3 is 2.59 bits per heavy atom. The van der Waals surface area contributed by atoms with Crippen LogP contribution < -0.4 is 11.3 Å². The Kier molecular flexibility index (Phi) is 8.01. The lowest BCUT2D eigenvalue weighted by molar-refractivity contribution is 0.146. The highest BCUT2D eigenvalue weighted by atomic mass is 16.5. The van der Waals surface area contributed by atoms with E-state index in [-0.39, 0.29) is 0 Å². The summed E-state index contributed by atoms with van der Waals surface area (Å²) in [5.74, 6) is 6.46. The van der Waals surface area contributed by atoms with E-state index in [1.54, 1.807) is 0 Å². The van der Waals surface area contributed by atoms with Gasteiger partial charge >= 0.3 is 0 Å². The monoisotopic (exact) mass is 241 g/mol. The van der Waals surface area contributed by atoms with Crippen molar-refractivity contribution in [2.75, 3.05) is 13.2 Å².